The minimum atomic E-state index is -1.93. The summed E-state index contributed by atoms with van der Waals surface area (Å²) < 4.78 is 14.1. The van der Waals surface area contributed by atoms with Crippen LogP contribution < -0.4 is 11.2 Å². The molecule has 1 fully saturated rings. The highest BCUT2D eigenvalue weighted by Crippen LogP contribution is 2.41. The molecule has 1 aliphatic heterocycles. The van der Waals surface area contributed by atoms with Crippen LogP contribution >= 0.6 is 15.9 Å². The predicted octanol–water partition coefficient (Wildman–Crippen LogP) is 3.52. The van der Waals surface area contributed by atoms with Crippen molar-refractivity contribution in [3.63, 3.8) is 0 Å². The van der Waals surface area contributed by atoms with Crippen LogP contribution in [0.5, 0.6) is 0 Å². The summed E-state index contributed by atoms with van der Waals surface area (Å²) in [7, 11) is -1.93. The third-order valence-corrected chi connectivity index (χ3v) is 10.4. The van der Waals surface area contributed by atoms with Crippen molar-refractivity contribution in [1.29, 1.82) is 0 Å². The molecule has 25 heavy (non-hydrogen) atoms. The molecule has 1 aliphatic rings. The smallest absolute Gasteiger partial charge is 0.330 e. The molecule has 0 aromatic carbocycles. The largest absolute Gasteiger partial charge is 0.411 e. The van der Waals surface area contributed by atoms with E-state index in [0.717, 1.165) is 6.42 Å². The van der Waals surface area contributed by atoms with Gasteiger partial charge in [0.25, 0.3) is 5.56 Å². The van der Waals surface area contributed by atoms with E-state index >= 15 is 0 Å². The monoisotopic (exact) mass is 432 g/mol. The first kappa shape index (κ1) is 20.6. The molecule has 1 aromatic heterocycles. The Labute approximate surface area is 158 Å². The number of aromatic nitrogens is 2. The molecule has 0 spiro atoms. The minimum absolute atomic E-state index is 0.0397. The van der Waals surface area contributed by atoms with Crippen LogP contribution in [-0.4, -0.2) is 30.1 Å². The highest BCUT2D eigenvalue weighted by atomic mass is 79.9. The van der Waals surface area contributed by atoms with E-state index in [-0.39, 0.29) is 22.8 Å². The zero-order valence-electron chi connectivity index (χ0n) is 15.9. The Kier molecular flexibility index (Phi) is 6.18. The highest BCUT2D eigenvalue weighted by Gasteiger charge is 2.44. The number of nitrogens with one attached hydrogen (secondary N) is 1. The summed E-state index contributed by atoms with van der Waals surface area (Å²) in [5, 5.41) is 0.498. The molecule has 6 nitrogen and oxygen atoms in total. The summed E-state index contributed by atoms with van der Waals surface area (Å²) in [6, 6.07) is 0. The van der Waals surface area contributed by atoms with Gasteiger partial charge in [-0.2, -0.15) is 0 Å². The standard InChI is InChI=1S/C17H29BrN2O4Si/c1-7-12-13(24-25(5,6)17(2,3)4)8-14(23-12)20-10-11(9-18)15(21)19-16(20)22/h10,12-14H,7-9H2,1-6H3,(H,19,21,22)/t12-,13-,14-/m1/s1. The number of hydrogen-bond donors (Lipinski definition) is 1. The predicted molar refractivity (Wildman–Crippen MR) is 105 cm³/mol. The molecular weight excluding hydrogens is 404 g/mol. The second kappa shape index (κ2) is 7.50. The molecule has 0 aliphatic carbocycles. The van der Waals surface area contributed by atoms with E-state index in [0.29, 0.717) is 17.3 Å². The number of H-pyrrole nitrogens is 1. The Hall–Kier alpha value is -0.703. The number of alkyl halides is 1. The molecule has 142 valence electrons. The minimum Gasteiger partial charge on any atom is -0.411 e. The van der Waals surface area contributed by atoms with Crippen molar-refractivity contribution in [3.8, 4) is 0 Å². The number of rotatable bonds is 5. The van der Waals surface area contributed by atoms with E-state index in [1.165, 1.54) is 4.57 Å². The molecule has 2 rings (SSSR count). The zero-order valence-corrected chi connectivity index (χ0v) is 18.5. The SMILES string of the molecule is CC[C@H]1O[C@@H](n2cc(CBr)c(=O)[nH]c2=O)C[C@H]1O[Si](C)(C)C(C)(C)C. The van der Waals surface area contributed by atoms with Crippen LogP contribution in [0.15, 0.2) is 15.8 Å². The maximum absolute atomic E-state index is 12.2. The fourth-order valence-corrected chi connectivity index (χ4v) is 4.51. The number of halogens is 1. The highest BCUT2D eigenvalue weighted by molar-refractivity contribution is 9.08. The average molecular weight is 433 g/mol. The molecule has 8 heteroatoms. The van der Waals surface area contributed by atoms with E-state index in [4.69, 9.17) is 9.16 Å². The van der Waals surface area contributed by atoms with E-state index < -0.39 is 20.2 Å². The third-order valence-electron chi connectivity index (χ3n) is 5.33. The summed E-state index contributed by atoms with van der Waals surface area (Å²) in [4.78, 5) is 26.3. The molecule has 0 amide bonds. The lowest BCUT2D eigenvalue weighted by molar-refractivity contribution is -0.0198. The Morgan fingerprint density at radius 2 is 2.04 bits per heavy atom. The second-order valence-corrected chi connectivity index (χ2v) is 13.5. The van der Waals surface area contributed by atoms with Crippen molar-refractivity contribution in [2.24, 2.45) is 0 Å². The van der Waals surface area contributed by atoms with Gasteiger partial charge < -0.3 is 9.16 Å². The van der Waals surface area contributed by atoms with Crippen molar-refractivity contribution in [1.82, 2.24) is 9.55 Å². The maximum atomic E-state index is 12.2. The summed E-state index contributed by atoms with van der Waals surface area (Å²) in [5.41, 5.74) is -0.301. The van der Waals surface area contributed by atoms with E-state index in [9.17, 15) is 9.59 Å². The molecule has 0 saturated carbocycles. The number of hydrogen-bond acceptors (Lipinski definition) is 4. The van der Waals surface area contributed by atoms with E-state index in [1.807, 2.05) is 0 Å². The molecule has 1 aromatic rings. The number of ether oxygens (including phenoxy) is 1. The molecule has 0 radical (unpaired) electrons. The number of aromatic amines is 1. The van der Waals surface area contributed by atoms with Crippen LogP contribution in [-0.2, 0) is 14.5 Å². The van der Waals surface area contributed by atoms with Crippen LogP contribution in [0.4, 0.5) is 0 Å². The van der Waals surface area contributed by atoms with E-state index in [1.54, 1.807) is 6.20 Å². The molecule has 0 bridgehead atoms. The van der Waals surface area contributed by atoms with Crippen LogP contribution in [0.25, 0.3) is 0 Å². The molecule has 3 atom stereocenters. The lowest BCUT2D eigenvalue weighted by Crippen LogP contribution is -2.45. The Bertz CT molecular complexity index is 723. The van der Waals surface area contributed by atoms with Gasteiger partial charge in [0.2, 0.25) is 0 Å². The van der Waals surface area contributed by atoms with Crippen LogP contribution in [0.3, 0.4) is 0 Å². The van der Waals surface area contributed by atoms with Gasteiger partial charge in [0.05, 0.1) is 12.2 Å². The van der Waals surface area contributed by atoms with Crippen molar-refractivity contribution >= 4 is 24.2 Å². The van der Waals surface area contributed by atoms with Gasteiger partial charge in [0, 0.05) is 23.5 Å². The molecule has 0 unspecified atom stereocenters. The summed E-state index contributed by atoms with van der Waals surface area (Å²) in [5.74, 6) is 0. The second-order valence-electron chi connectivity index (χ2n) is 8.14. The zero-order chi connectivity index (χ0) is 19.0. The first-order chi connectivity index (χ1) is 11.5. The van der Waals surface area contributed by atoms with Gasteiger partial charge >= 0.3 is 5.69 Å². The van der Waals surface area contributed by atoms with Gasteiger partial charge in [-0.15, -0.1) is 0 Å². The normalized spacial score (nSPS) is 24.7. The molecule has 1 saturated heterocycles. The van der Waals surface area contributed by atoms with Crippen molar-refractivity contribution < 1.29 is 9.16 Å². The Morgan fingerprint density at radius 3 is 2.56 bits per heavy atom. The van der Waals surface area contributed by atoms with Gasteiger partial charge in [-0.1, -0.05) is 43.6 Å². The van der Waals surface area contributed by atoms with Crippen LogP contribution in [0.1, 0.15) is 52.3 Å². The van der Waals surface area contributed by atoms with Gasteiger partial charge in [0.15, 0.2) is 8.32 Å². The van der Waals surface area contributed by atoms with Crippen molar-refractivity contribution in [2.75, 3.05) is 0 Å². The molecular formula is C17H29BrN2O4Si. The Morgan fingerprint density at radius 1 is 1.40 bits per heavy atom. The van der Waals surface area contributed by atoms with Gasteiger partial charge in [-0.25, -0.2) is 4.79 Å². The first-order valence-corrected chi connectivity index (χ1v) is 12.8. The van der Waals surface area contributed by atoms with Crippen molar-refractivity contribution in [2.45, 2.75) is 82.4 Å². The Balaban J connectivity index is 2.28. The number of nitrogens with zero attached hydrogens (tertiary/aromatic N) is 1. The maximum Gasteiger partial charge on any atom is 0.330 e. The fourth-order valence-electron chi connectivity index (χ4n) is 2.75. The average Bonchev–Trinajstić information content (AvgIpc) is 2.88. The topological polar surface area (TPSA) is 73.3 Å². The van der Waals surface area contributed by atoms with Crippen LogP contribution in [0, 0.1) is 0 Å². The van der Waals surface area contributed by atoms with E-state index in [2.05, 4.69) is 61.7 Å². The molecule has 1 N–H and O–H groups in total. The fraction of sp³-hybridized carbons (Fsp3) is 0.765. The third kappa shape index (κ3) is 4.35. The lowest BCUT2D eigenvalue weighted by atomic mass is 10.1. The quantitative estimate of drug-likeness (QED) is 0.570. The van der Waals surface area contributed by atoms with Gasteiger partial charge in [0.1, 0.15) is 6.23 Å². The van der Waals surface area contributed by atoms with Crippen molar-refractivity contribution in [3.05, 3.63) is 32.6 Å². The van der Waals surface area contributed by atoms with Gasteiger partial charge in [-0.3, -0.25) is 14.3 Å². The summed E-state index contributed by atoms with van der Waals surface area (Å²) >= 11 is 3.28. The summed E-state index contributed by atoms with van der Waals surface area (Å²) in [6.07, 6.45) is 2.51. The first-order valence-electron chi connectivity index (χ1n) is 8.73. The lowest BCUT2D eigenvalue weighted by Gasteiger charge is -2.39. The van der Waals surface area contributed by atoms with Gasteiger partial charge in [-0.05, 0) is 24.6 Å². The molecule has 2 heterocycles. The van der Waals surface area contributed by atoms with Crippen LogP contribution in [0.2, 0.25) is 18.1 Å². The summed E-state index contributed by atoms with van der Waals surface area (Å²) in [6.45, 7) is 13.1.